The van der Waals surface area contributed by atoms with Crippen LogP contribution in [0.4, 0.5) is 0 Å². The third kappa shape index (κ3) is 18.5. The van der Waals surface area contributed by atoms with E-state index in [-0.39, 0.29) is 83.8 Å². The molecule has 22 nitrogen and oxygen atoms in total. The van der Waals surface area contributed by atoms with E-state index in [1.165, 1.54) is 0 Å². The number of nitrogens with zero attached hydrogens (tertiary/aromatic N) is 6. The van der Waals surface area contributed by atoms with Gasteiger partial charge in [0.25, 0.3) is 17.7 Å². The maximum Gasteiger partial charge on any atom is 0.268 e. The molecule has 6 aromatic rings. The molecular formula is C66H84N12O10S2. The van der Waals surface area contributed by atoms with Crippen LogP contribution in [0.3, 0.4) is 0 Å². The molecule has 0 unspecified atom stereocenters. The predicted molar refractivity (Wildman–Crippen MR) is 345 cm³/mol. The van der Waals surface area contributed by atoms with Crippen molar-refractivity contribution in [2.75, 3.05) is 24.0 Å². The van der Waals surface area contributed by atoms with Gasteiger partial charge in [0, 0.05) is 84.5 Å². The van der Waals surface area contributed by atoms with Crippen molar-refractivity contribution < 1.29 is 45.6 Å². The second-order valence-corrected chi connectivity index (χ2v) is 28.6. The average Bonchev–Trinajstić information content (AvgIpc) is 3.16. The molecule has 6 N–H and O–H groups in total. The lowest BCUT2D eigenvalue weighted by Crippen LogP contribution is -2.50. The molecule has 3 fully saturated rings. The standard InChI is InChI=1S/2C22H28N4O4S.C22H28N4O2/c2*1-26-19-10-6-3-7-15(19)13-20(26)22(28)25-18-9-5-4-8-17(18)21(27)24-16(14-23)11-12-31(2,29)30;1-3-8-16(14-23)24-21(27)17-10-5-6-11-18(17)25-22(28)20-13-15-9-4-7-12-19(15)26(20)2/h2*3,6-7,10,13,16-18H,4-5,8-9,11-12H2,1-2H3,(H,24,27)(H,25,28);4,7,9,12-13,16-18H,3,5-6,8,10-11H2,1-2H3,(H,24,27)(H,25,28)/t16-,17+,18-;16-,17-,18+;16-,17+,18-/m010/s1. The second kappa shape index (κ2) is 31.8. The SMILES string of the molecule is CCC[C@@H](C#N)NC(=O)[C@@H]1CCCC[C@@H]1NC(=O)c1cc2ccccc2n1C.Cn1c(C(=O)N[C@H]2CCCC[C@H]2C(=O)N[C@@H](C#N)CCS(C)(=O)=O)cc2ccccc21.Cn1c(C(=O)N[C@H]2CCCC[C@H]2C(=O)N[C@H](C#N)CCS(C)(=O)=O)cc2ccccc21. The normalized spacial score (nSPS) is 20.1. The Balaban J connectivity index is 0.000000192. The fourth-order valence-electron chi connectivity index (χ4n) is 12.4. The maximum absolute atomic E-state index is 13.0. The van der Waals surface area contributed by atoms with E-state index in [9.17, 15) is 61.4 Å². The van der Waals surface area contributed by atoms with Crippen LogP contribution in [0.5, 0.6) is 0 Å². The van der Waals surface area contributed by atoms with E-state index in [1.807, 2.05) is 145 Å². The number of nitriles is 3. The van der Waals surface area contributed by atoms with Crippen molar-refractivity contribution >= 4 is 87.8 Å². The molecule has 24 heteroatoms. The first-order valence-electron chi connectivity index (χ1n) is 30.9. The molecule has 0 spiro atoms. The number of fused-ring (bicyclic) bond motifs is 3. The van der Waals surface area contributed by atoms with E-state index in [4.69, 9.17) is 0 Å². The van der Waals surface area contributed by atoms with Crippen LogP contribution in [0.2, 0.25) is 0 Å². The highest BCUT2D eigenvalue weighted by Crippen LogP contribution is 2.30. The Hall–Kier alpha value is -8.53. The van der Waals surface area contributed by atoms with Crippen LogP contribution < -0.4 is 31.9 Å². The first-order chi connectivity index (χ1) is 42.9. The number of amides is 6. The van der Waals surface area contributed by atoms with Gasteiger partial charge in [-0.15, -0.1) is 0 Å². The number of carbonyl (C=O) groups excluding carboxylic acids is 6. The van der Waals surface area contributed by atoms with Crippen LogP contribution in [-0.4, -0.2) is 126 Å². The topological polar surface area (TPSA) is 329 Å². The summed E-state index contributed by atoms with van der Waals surface area (Å²) in [6, 6.07) is 31.9. The highest BCUT2D eigenvalue weighted by molar-refractivity contribution is 7.90. The van der Waals surface area contributed by atoms with Crippen molar-refractivity contribution in [3.05, 3.63) is 108 Å². The van der Waals surface area contributed by atoms with E-state index in [0.29, 0.717) is 49.2 Å². The summed E-state index contributed by atoms with van der Waals surface area (Å²) < 4.78 is 51.0. The minimum Gasteiger partial charge on any atom is -0.347 e. The number of rotatable bonds is 20. The molecule has 90 heavy (non-hydrogen) atoms. The summed E-state index contributed by atoms with van der Waals surface area (Å²) in [5.74, 6) is -2.94. The zero-order valence-corrected chi connectivity index (χ0v) is 53.8. The molecule has 0 radical (unpaired) electrons. The van der Waals surface area contributed by atoms with Crippen LogP contribution in [0, 0.1) is 51.7 Å². The summed E-state index contributed by atoms with van der Waals surface area (Å²) in [4.78, 5) is 77.4. The highest BCUT2D eigenvalue weighted by atomic mass is 32.2. The van der Waals surface area contributed by atoms with Gasteiger partial charge in [-0.05, 0) is 94.2 Å². The zero-order valence-electron chi connectivity index (χ0n) is 52.2. The molecule has 3 heterocycles. The Morgan fingerprint density at radius 1 is 0.456 bits per heavy atom. The Bertz CT molecular complexity index is 3750. The molecule has 3 saturated carbocycles. The summed E-state index contributed by atoms with van der Waals surface area (Å²) in [5, 5.41) is 48.1. The number of hydrogen-bond acceptors (Lipinski definition) is 13. The van der Waals surface area contributed by atoms with Gasteiger partial charge in [-0.2, -0.15) is 15.8 Å². The number of para-hydroxylation sites is 3. The summed E-state index contributed by atoms with van der Waals surface area (Å²) in [7, 11) is -0.899. The lowest BCUT2D eigenvalue weighted by atomic mass is 9.83. The maximum atomic E-state index is 13.0. The van der Waals surface area contributed by atoms with Gasteiger partial charge in [0.15, 0.2) is 0 Å². The molecule has 0 saturated heterocycles. The van der Waals surface area contributed by atoms with Gasteiger partial charge >= 0.3 is 0 Å². The highest BCUT2D eigenvalue weighted by Gasteiger charge is 2.37. The summed E-state index contributed by atoms with van der Waals surface area (Å²) >= 11 is 0. The number of benzene rings is 3. The average molecular weight is 1270 g/mol. The van der Waals surface area contributed by atoms with Gasteiger partial charge in [0.1, 0.15) is 54.9 Å². The van der Waals surface area contributed by atoms with Crippen LogP contribution in [0.1, 0.15) is 141 Å². The Kier molecular flexibility index (Phi) is 24.3. The first kappa shape index (κ1) is 69.0. The number of carbonyl (C=O) groups is 6. The van der Waals surface area contributed by atoms with Crippen molar-refractivity contribution in [1.82, 2.24) is 45.6 Å². The number of aromatic nitrogens is 3. The minimum atomic E-state index is -3.22. The fourth-order valence-corrected chi connectivity index (χ4v) is 13.7. The number of aryl methyl sites for hydroxylation is 3. The lowest BCUT2D eigenvalue weighted by molar-refractivity contribution is -0.128. The lowest BCUT2D eigenvalue weighted by Gasteiger charge is -2.31. The zero-order chi connectivity index (χ0) is 65.3. The third-order valence-electron chi connectivity index (χ3n) is 17.4. The van der Waals surface area contributed by atoms with E-state index in [2.05, 4.69) is 38.0 Å². The summed E-state index contributed by atoms with van der Waals surface area (Å²) in [6.45, 7) is 1.99. The van der Waals surface area contributed by atoms with E-state index in [0.717, 1.165) is 103 Å². The van der Waals surface area contributed by atoms with Crippen LogP contribution in [0.15, 0.2) is 91.0 Å². The Morgan fingerprint density at radius 2 is 0.722 bits per heavy atom. The molecule has 0 bridgehead atoms. The van der Waals surface area contributed by atoms with Gasteiger partial charge < -0.3 is 45.6 Å². The van der Waals surface area contributed by atoms with E-state index in [1.54, 1.807) is 0 Å². The molecule has 3 aliphatic rings. The summed E-state index contributed by atoms with van der Waals surface area (Å²) in [5.41, 5.74) is 4.54. The molecular weight excluding hydrogens is 1180 g/mol. The van der Waals surface area contributed by atoms with Crippen molar-refractivity contribution in [1.29, 1.82) is 15.8 Å². The predicted octanol–water partition coefficient (Wildman–Crippen LogP) is 7.10. The fraction of sp³-hybridized carbons (Fsp3) is 0.500. The first-order valence-corrected chi connectivity index (χ1v) is 35.1. The summed E-state index contributed by atoms with van der Waals surface area (Å²) in [6.07, 6.45) is 13.3. The van der Waals surface area contributed by atoms with Gasteiger partial charge in [0.05, 0.1) is 47.5 Å². The molecule has 9 atom stereocenters. The van der Waals surface area contributed by atoms with Crippen LogP contribution in [0.25, 0.3) is 32.7 Å². The third-order valence-corrected chi connectivity index (χ3v) is 19.3. The molecule has 6 amide bonds. The van der Waals surface area contributed by atoms with Crippen LogP contribution >= 0.6 is 0 Å². The van der Waals surface area contributed by atoms with Gasteiger partial charge in [0.2, 0.25) is 17.7 Å². The van der Waals surface area contributed by atoms with Gasteiger partial charge in [-0.1, -0.05) is 106 Å². The van der Waals surface area contributed by atoms with Crippen LogP contribution in [-0.2, 0) is 55.2 Å². The molecule has 9 rings (SSSR count). The molecule has 3 aliphatic carbocycles. The van der Waals surface area contributed by atoms with Crippen molar-refractivity contribution in [3.8, 4) is 18.2 Å². The largest absolute Gasteiger partial charge is 0.347 e. The molecule has 3 aromatic carbocycles. The Morgan fingerprint density at radius 3 is 0.978 bits per heavy atom. The number of hydrogen-bond donors (Lipinski definition) is 6. The van der Waals surface area contributed by atoms with E-state index < -0.39 is 49.6 Å². The van der Waals surface area contributed by atoms with E-state index >= 15 is 0 Å². The molecule has 3 aromatic heterocycles. The number of sulfone groups is 2. The quantitative estimate of drug-likeness (QED) is 0.0445. The molecule has 480 valence electrons. The Labute approximate surface area is 527 Å². The van der Waals surface area contributed by atoms with Crippen molar-refractivity contribution in [2.24, 2.45) is 38.9 Å². The number of nitrogens with one attached hydrogen (secondary N) is 6. The van der Waals surface area contributed by atoms with Crippen molar-refractivity contribution in [3.63, 3.8) is 0 Å². The smallest absolute Gasteiger partial charge is 0.268 e. The second-order valence-electron chi connectivity index (χ2n) is 24.1. The monoisotopic (exact) mass is 1270 g/mol. The minimum absolute atomic E-state index is 0.0424. The van der Waals surface area contributed by atoms with Gasteiger partial charge in [-0.3, -0.25) is 28.8 Å². The molecule has 0 aliphatic heterocycles. The van der Waals surface area contributed by atoms with Crippen molar-refractivity contribution in [2.45, 2.75) is 146 Å². The van der Waals surface area contributed by atoms with Gasteiger partial charge in [-0.25, -0.2) is 16.8 Å².